The first-order valence-electron chi connectivity index (χ1n) is 5.24. The summed E-state index contributed by atoms with van der Waals surface area (Å²) < 4.78 is 14.6. The Labute approximate surface area is 102 Å². The lowest BCUT2D eigenvalue weighted by atomic mass is 10.1. The topological polar surface area (TPSA) is 75.3 Å². The van der Waals surface area contributed by atoms with Gasteiger partial charge in [0, 0.05) is 11.8 Å². The minimum Gasteiger partial charge on any atom is -0.479 e. The van der Waals surface area contributed by atoms with E-state index < -0.39 is 18.2 Å². The summed E-state index contributed by atoms with van der Waals surface area (Å²) in [5, 5.41) is 21.9. The maximum Gasteiger partial charge on any atom is 0.341 e. The van der Waals surface area contributed by atoms with Crippen LogP contribution in [-0.2, 0) is 4.79 Å². The highest BCUT2D eigenvalue weighted by atomic mass is 19.1. The molecule has 2 N–H and O–H groups in total. The molecule has 0 spiro atoms. The van der Waals surface area contributed by atoms with E-state index in [-0.39, 0.29) is 5.56 Å². The van der Waals surface area contributed by atoms with Gasteiger partial charge in [0.2, 0.25) is 6.17 Å². The monoisotopic (exact) mass is 250 g/mol. The van der Waals surface area contributed by atoms with Crippen molar-refractivity contribution in [3.05, 3.63) is 48.3 Å². The maximum atomic E-state index is 13.1. The van der Waals surface area contributed by atoms with Gasteiger partial charge in [0.05, 0.1) is 11.9 Å². The lowest BCUT2D eigenvalue weighted by molar-refractivity contribution is -0.147. The van der Waals surface area contributed by atoms with Crippen LogP contribution in [-0.4, -0.2) is 32.1 Å². The second-order valence-electron chi connectivity index (χ2n) is 3.74. The average Bonchev–Trinajstić information content (AvgIpc) is 2.87. The van der Waals surface area contributed by atoms with Crippen molar-refractivity contribution in [2.45, 2.75) is 12.3 Å². The van der Waals surface area contributed by atoms with Crippen molar-refractivity contribution in [2.75, 3.05) is 0 Å². The minimum atomic E-state index is -2.36. The summed E-state index contributed by atoms with van der Waals surface area (Å²) in [6.45, 7) is 0. The Balaban J connectivity index is 2.23. The molecule has 2 aromatic rings. The van der Waals surface area contributed by atoms with Gasteiger partial charge >= 0.3 is 5.97 Å². The van der Waals surface area contributed by atoms with Crippen LogP contribution >= 0.6 is 0 Å². The van der Waals surface area contributed by atoms with Crippen molar-refractivity contribution >= 4 is 5.97 Å². The van der Waals surface area contributed by atoms with E-state index >= 15 is 0 Å². The number of benzene rings is 1. The average molecular weight is 250 g/mol. The Hall–Kier alpha value is -2.21. The van der Waals surface area contributed by atoms with E-state index in [4.69, 9.17) is 5.11 Å². The summed E-state index contributed by atoms with van der Waals surface area (Å²) in [6, 6.07) is 9.02. The van der Waals surface area contributed by atoms with Crippen molar-refractivity contribution < 1.29 is 19.4 Å². The van der Waals surface area contributed by atoms with E-state index in [0.29, 0.717) is 0 Å². The van der Waals surface area contributed by atoms with Crippen LogP contribution in [0.25, 0.3) is 5.69 Å². The second-order valence-corrected chi connectivity index (χ2v) is 3.74. The number of aliphatic hydroxyl groups excluding tert-OH is 1. The highest BCUT2D eigenvalue weighted by Gasteiger charge is 2.28. The van der Waals surface area contributed by atoms with Gasteiger partial charge in [-0.15, -0.1) is 0 Å². The molecule has 5 nitrogen and oxygen atoms in total. The molecule has 0 aliphatic rings. The fourth-order valence-corrected chi connectivity index (χ4v) is 1.52. The molecule has 0 radical (unpaired) electrons. The predicted octanol–water partition coefficient (Wildman–Crippen LogP) is 1.33. The molecule has 0 aliphatic heterocycles. The zero-order valence-corrected chi connectivity index (χ0v) is 9.27. The third kappa shape index (κ3) is 2.38. The Bertz CT molecular complexity index is 541. The van der Waals surface area contributed by atoms with Gasteiger partial charge in [0.1, 0.15) is 6.10 Å². The van der Waals surface area contributed by atoms with Gasteiger partial charge < -0.3 is 10.2 Å². The lowest BCUT2D eigenvalue weighted by Crippen LogP contribution is -2.22. The highest BCUT2D eigenvalue weighted by Crippen LogP contribution is 2.20. The SMILES string of the molecule is O=C(O)C(F)C(O)c1cnn(-c2ccccc2)c1. The summed E-state index contributed by atoms with van der Waals surface area (Å²) >= 11 is 0. The second kappa shape index (κ2) is 4.97. The van der Waals surface area contributed by atoms with Crippen molar-refractivity contribution in [3.8, 4) is 5.69 Å². The van der Waals surface area contributed by atoms with Crippen LogP contribution < -0.4 is 0 Å². The first-order chi connectivity index (χ1) is 8.59. The van der Waals surface area contributed by atoms with E-state index in [2.05, 4.69) is 5.10 Å². The zero-order chi connectivity index (χ0) is 13.1. The number of alkyl halides is 1. The summed E-state index contributed by atoms with van der Waals surface area (Å²) in [6.07, 6.45) is -1.44. The molecular weight excluding hydrogens is 239 g/mol. The van der Waals surface area contributed by atoms with E-state index in [1.54, 1.807) is 12.1 Å². The molecule has 0 aliphatic carbocycles. The zero-order valence-electron chi connectivity index (χ0n) is 9.27. The van der Waals surface area contributed by atoms with Gasteiger partial charge in [-0.3, -0.25) is 0 Å². The smallest absolute Gasteiger partial charge is 0.341 e. The quantitative estimate of drug-likeness (QED) is 0.858. The summed E-state index contributed by atoms with van der Waals surface area (Å²) in [4.78, 5) is 10.4. The normalized spacial score (nSPS) is 14.1. The molecule has 1 heterocycles. The fourth-order valence-electron chi connectivity index (χ4n) is 1.52. The summed E-state index contributed by atoms with van der Waals surface area (Å²) in [5.74, 6) is -1.70. The van der Waals surface area contributed by atoms with Crippen molar-refractivity contribution in [3.63, 3.8) is 0 Å². The maximum absolute atomic E-state index is 13.1. The Morgan fingerprint density at radius 1 is 1.33 bits per heavy atom. The molecule has 0 amide bonds. The van der Waals surface area contributed by atoms with E-state index in [1.807, 2.05) is 18.2 Å². The van der Waals surface area contributed by atoms with E-state index in [0.717, 1.165) is 5.69 Å². The molecule has 0 saturated carbocycles. The number of hydrogen-bond acceptors (Lipinski definition) is 3. The molecule has 0 bridgehead atoms. The van der Waals surface area contributed by atoms with Gasteiger partial charge in [-0.2, -0.15) is 5.10 Å². The van der Waals surface area contributed by atoms with Gasteiger partial charge in [0.25, 0.3) is 0 Å². The number of halogens is 1. The number of hydrogen-bond donors (Lipinski definition) is 2. The van der Waals surface area contributed by atoms with Crippen LogP contribution in [0.4, 0.5) is 4.39 Å². The van der Waals surface area contributed by atoms with Crippen molar-refractivity contribution in [2.24, 2.45) is 0 Å². The molecule has 2 rings (SSSR count). The molecule has 1 aromatic carbocycles. The molecule has 2 atom stereocenters. The number of nitrogens with zero attached hydrogens (tertiary/aromatic N) is 2. The van der Waals surface area contributed by atoms with Crippen molar-refractivity contribution in [1.82, 2.24) is 9.78 Å². The molecule has 0 fully saturated rings. The van der Waals surface area contributed by atoms with Crippen LogP contribution in [0.1, 0.15) is 11.7 Å². The third-order valence-corrected chi connectivity index (χ3v) is 2.48. The number of carboxylic acid groups (broad SMARTS) is 1. The van der Waals surface area contributed by atoms with Gasteiger partial charge in [-0.05, 0) is 12.1 Å². The number of aromatic nitrogens is 2. The number of rotatable bonds is 4. The Morgan fingerprint density at radius 2 is 2.00 bits per heavy atom. The van der Waals surface area contributed by atoms with E-state index in [1.165, 1.54) is 17.1 Å². The fraction of sp³-hybridized carbons (Fsp3) is 0.167. The largest absolute Gasteiger partial charge is 0.479 e. The Morgan fingerprint density at radius 3 is 2.61 bits per heavy atom. The van der Waals surface area contributed by atoms with Gasteiger partial charge in [-0.1, -0.05) is 18.2 Å². The molecule has 2 unspecified atom stereocenters. The molecule has 0 saturated heterocycles. The lowest BCUT2D eigenvalue weighted by Gasteiger charge is -2.09. The number of aliphatic hydroxyl groups is 1. The number of aliphatic carboxylic acids is 1. The first kappa shape index (κ1) is 12.3. The Kier molecular flexibility index (Phi) is 3.38. The molecule has 18 heavy (non-hydrogen) atoms. The van der Waals surface area contributed by atoms with Gasteiger partial charge in [-0.25, -0.2) is 13.9 Å². The molecular formula is C12H11FN2O3. The van der Waals surface area contributed by atoms with Crippen LogP contribution in [0.5, 0.6) is 0 Å². The van der Waals surface area contributed by atoms with Gasteiger partial charge in [0.15, 0.2) is 0 Å². The van der Waals surface area contributed by atoms with E-state index in [9.17, 15) is 14.3 Å². The molecule has 1 aromatic heterocycles. The summed E-state index contributed by atoms with van der Waals surface area (Å²) in [7, 11) is 0. The first-order valence-corrected chi connectivity index (χ1v) is 5.24. The minimum absolute atomic E-state index is 0.119. The summed E-state index contributed by atoms with van der Waals surface area (Å²) in [5.41, 5.74) is 0.857. The highest BCUT2D eigenvalue weighted by molar-refractivity contribution is 5.73. The number of carbonyl (C=O) groups is 1. The van der Waals surface area contributed by atoms with Crippen LogP contribution in [0, 0.1) is 0 Å². The number of carboxylic acids is 1. The number of para-hydroxylation sites is 1. The van der Waals surface area contributed by atoms with Crippen LogP contribution in [0.3, 0.4) is 0 Å². The van der Waals surface area contributed by atoms with Crippen LogP contribution in [0.15, 0.2) is 42.7 Å². The molecule has 94 valence electrons. The van der Waals surface area contributed by atoms with Crippen LogP contribution in [0.2, 0.25) is 0 Å². The predicted molar refractivity (Wildman–Crippen MR) is 61.1 cm³/mol. The van der Waals surface area contributed by atoms with Crippen molar-refractivity contribution in [1.29, 1.82) is 0 Å². The standard InChI is InChI=1S/C12H11FN2O3/c13-10(12(17)18)11(16)8-6-14-15(7-8)9-4-2-1-3-5-9/h1-7,10-11,16H,(H,17,18). The third-order valence-electron chi connectivity index (χ3n) is 2.48. The molecule has 6 heteroatoms.